The van der Waals surface area contributed by atoms with E-state index in [1.807, 2.05) is 53.1 Å². The zero-order valence-corrected chi connectivity index (χ0v) is 22.1. The van der Waals surface area contributed by atoms with Gasteiger partial charge in [-0.3, -0.25) is 14.2 Å². The molecule has 2 aromatic carbocycles. The molecule has 0 saturated heterocycles. The third kappa shape index (κ3) is 4.82. The number of hydrogen-bond donors (Lipinski definition) is 2. The zero-order valence-electron chi connectivity index (χ0n) is 21.2. The maximum absolute atomic E-state index is 13.5. The highest BCUT2D eigenvalue weighted by molar-refractivity contribution is 7.16. The van der Waals surface area contributed by atoms with E-state index in [1.165, 1.54) is 15.9 Å². The van der Waals surface area contributed by atoms with Crippen molar-refractivity contribution in [3.05, 3.63) is 101 Å². The van der Waals surface area contributed by atoms with E-state index in [9.17, 15) is 9.59 Å². The first-order valence-electron chi connectivity index (χ1n) is 12.0. The number of nitrogen functional groups attached to an aromatic ring is 1. The van der Waals surface area contributed by atoms with Gasteiger partial charge in [0.1, 0.15) is 5.56 Å². The van der Waals surface area contributed by atoms with Gasteiger partial charge in [0.2, 0.25) is 0 Å². The van der Waals surface area contributed by atoms with Crippen LogP contribution in [0.3, 0.4) is 0 Å². The van der Waals surface area contributed by atoms with Gasteiger partial charge >= 0.3 is 0 Å². The Balaban J connectivity index is 0.000000198. The number of rotatable bonds is 5. The minimum atomic E-state index is -0.619. The number of methoxy groups -OCH3 is 1. The maximum atomic E-state index is 13.5. The van der Waals surface area contributed by atoms with Gasteiger partial charge < -0.3 is 16.2 Å². The van der Waals surface area contributed by atoms with Crippen LogP contribution < -0.4 is 21.8 Å². The summed E-state index contributed by atoms with van der Waals surface area (Å²) in [5, 5.41) is 6.11. The van der Waals surface area contributed by atoms with Crippen molar-refractivity contribution in [2.24, 2.45) is 5.73 Å². The average molecular weight is 540 g/mol. The molecule has 6 rings (SSSR count). The third-order valence-electron chi connectivity index (χ3n) is 6.09. The predicted octanol–water partition coefficient (Wildman–Crippen LogP) is 4.10. The first-order valence-corrected chi connectivity index (χ1v) is 12.9. The molecule has 0 unspecified atom stereocenters. The number of fused-ring (bicyclic) bond motifs is 2. The number of carbonyl (C=O) groups is 1. The Morgan fingerprint density at radius 1 is 1.08 bits per heavy atom. The third-order valence-corrected chi connectivity index (χ3v) is 7.08. The predicted molar refractivity (Wildman–Crippen MR) is 153 cm³/mol. The van der Waals surface area contributed by atoms with Gasteiger partial charge in [0.15, 0.2) is 11.5 Å². The van der Waals surface area contributed by atoms with E-state index in [-0.39, 0.29) is 16.9 Å². The van der Waals surface area contributed by atoms with Gasteiger partial charge in [0, 0.05) is 35.5 Å². The normalized spacial score (nSPS) is 10.8. The Hall–Kier alpha value is -5.03. The summed E-state index contributed by atoms with van der Waals surface area (Å²) in [6.45, 7) is 2.07. The van der Waals surface area contributed by atoms with Crippen LogP contribution >= 0.6 is 11.3 Å². The fourth-order valence-corrected chi connectivity index (χ4v) is 5.12. The average Bonchev–Trinajstić information content (AvgIpc) is 3.57. The van der Waals surface area contributed by atoms with E-state index >= 15 is 0 Å². The van der Waals surface area contributed by atoms with Crippen LogP contribution in [-0.4, -0.2) is 37.2 Å². The highest BCUT2D eigenvalue weighted by Crippen LogP contribution is 2.34. The molecule has 0 aliphatic carbocycles. The lowest BCUT2D eigenvalue weighted by Crippen LogP contribution is -2.22. The number of benzene rings is 2. The van der Waals surface area contributed by atoms with Gasteiger partial charge in [-0.2, -0.15) is 0 Å². The second-order valence-electron chi connectivity index (χ2n) is 8.44. The number of amides is 1. The van der Waals surface area contributed by atoms with E-state index < -0.39 is 5.91 Å². The van der Waals surface area contributed by atoms with Gasteiger partial charge in [0.05, 0.1) is 17.4 Å². The van der Waals surface area contributed by atoms with Crippen LogP contribution in [0.25, 0.3) is 32.5 Å². The molecule has 0 bridgehead atoms. The highest BCUT2D eigenvalue weighted by Gasteiger charge is 2.16. The standard InChI is InChI=1S/C21H18N2O2S.C7H7N5O/c1-3-15-12-14-8-7-11-17(18-13-22-21(25-2)26-18)19(14)20(24)23(15)16-9-5-4-6-10-16;8-5-4(6(9)13)7-10-2-1-3-12(7)11-5/h4-13H,3H2,1-2H3;1-3H,(H2,8,11)(H2,9,13). The molecule has 10 nitrogen and oxygen atoms in total. The molecule has 0 fully saturated rings. The summed E-state index contributed by atoms with van der Waals surface area (Å²) in [6.07, 6.45) is 5.73. The van der Waals surface area contributed by atoms with Crippen molar-refractivity contribution >= 4 is 39.5 Å². The van der Waals surface area contributed by atoms with Crippen molar-refractivity contribution in [3.63, 3.8) is 0 Å². The van der Waals surface area contributed by atoms with Gasteiger partial charge in [-0.05, 0) is 36.1 Å². The second-order valence-corrected chi connectivity index (χ2v) is 9.44. The molecule has 4 heterocycles. The van der Waals surface area contributed by atoms with Gasteiger partial charge in [-0.15, -0.1) is 5.10 Å². The molecule has 0 aliphatic rings. The summed E-state index contributed by atoms with van der Waals surface area (Å²) >= 11 is 1.44. The number of aromatic nitrogens is 5. The first kappa shape index (κ1) is 25.6. The molecule has 0 spiro atoms. The highest BCUT2D eigenvalue weighted by atomic mass is 32.1. The zero-order chi connectivity index (χ0) is 27.5. The van der Waals surface area contributed by atoms with Crippen molar-refractivity contribution < 1.29 is 9.53 Å². The van der Waals surface area contributed by atoms with E-state index in [1.54, 1.807) is 31.8 Å². The Bertz CT molecular complexity index is 1860. The van der Waals surface area contributed by atoms with Crippen LogP contribution in [-0.2, 0) is 6.42 Å². The molecular formula is C28H25N7O3S. The molecule has 6 aromatic rings. The van der Waals surface area contributed by atoms with Gasteiger partial charge in [-0.25, -0.2) is 14.5 Å². The lowest BCUT2D eigenvalue weighted by atomic mass is 10.0. The fraction of sp³-hybridized carbons (Fsp3) is 0.107. The number of primary amides is 1. The Labute approximate surface area is 227 Å². The Morgan fingerprint density at radius 2 is 1.87 bits per heavy atom. The van der Waals surface area contributed by atoms with Crippen molar-refractivity contribution in [2.75, 3.05) is 12.8 Å². The van der Waals surface area contributed by atoms with Crippen LogP contribution in [0.2, 0.25) is 0 Å². The second kappa shape index (κ2) is 10.8. The molecule has 0 atom stereocenters. The SMILES string of the molecule is CCc1cc2cccc(-c3cnc(OC)s3)c2c(=O)n1-c1ccccc1.NC(=O)c1c(N)nn2cccnc12. The van der Waals surface area contributed by atoms with Crippen LogP contribution in [0.15, 0.2) is 84.0 Å². The topological polar surface area (TPSA) is 143 Å². The Morgan fingerprint density at radius 3 is 2.56 bits per heavy atom. The monoisotopic (exact) mass is 539 g/mol. The van der Waals surface area contributed by atoms with Gasteiger partial charge in [-0.1, -0.05) is 54.7 Å². The molecule has 0 aliphatic heterocycles. The number of anilines is 1. The quantitative estimate of drug-likeness (QED) is 0.336. The number of carbonyl (C=O) groups excluding carboxylic acids is 1. The van der Waals surface area contributed by atoms with Crippen LogP contribution in [0.5, 0.6) is 5.19 Å². The number of aryl methyl sites for hydroxylation is 1. The van der Waals surface area contributed by atoms with E-state index in [2.05, 4.69) is 28.1 Å². The molecule has 0 radical (unpaired) electrons. The molecular weight excluding hydrogens is 514 g/mol. The van der Waals surface area contributed by atoms with Gasteiger partial charge in [0.25, 0.3) is 16.7 Å². The summed E-state index contributed by atoms with van der Waals surface area (Å²) in [6, 6.07) is 19.5. The summed E-state index contributed by atoms with van der Waals surface area (Å²) in [4.78, 5) is 33.6. The fourth-order valence-electron chi connectivity index (χ4n) is 4.36. The van der Waals surface area contributed by atoms with Crippen molar-refractivity contribution in [2.45, 2.75) is 13.3 Å². The largest absolute Gasteiger partial charge is 0.473 e. The molecule has 11 heteroatoms. The number of ether oxygens (including phenoxy) is 1. The minimum absolute atomic E-state index is 0.00600. The molecule has 39 heavy (non-hydrogen) atoms. The summed E-state index contributed by atoms with van der Waals surface area (Å²) in [5.41, 5.74) is 13.9. The van der Waals surface area contributed by atoms with Crippen LogP contribution in [0, 0.1) is 0 Å². The molecule has 4 N–H and O–H groups in total. The molecule has 1 amide bonds. The number of hydrogen-bond acceptors (Lipinski definition) is 8. The van der Waals surface area contributed by atoms with E-state index in [0.29, 0.717) is 16.2 Å². The van der Waals surface area contributed by atoms with Crippen LogP contribution in [0.4, 0.5) is 5.82 Å². The maximum Gasteiger partial charge on any atom is 0.273 e. The van der Waals surface area contributed by atoms with Crippen molar-refractivity contribution in [1.82, 2.24) is 24.1 Å². The lowest BCUT2D eigenvalue weighted by molar-refractivity contribution is 0.100. The van der Waals surface area contributed by atoms with E-state index in [4.69, 9.17) is 16.2 Å². The number of para-hydroxylation sites is 1. The van der Waals surface area contributed by atoms with Crippen molar-refractivity contribution in [3.8, 4) is 21.3 Å². The minimum Gasteiger partial charge on any atom is -0.473 e. The number of thiazole rings is 1. The Kier molecular flexibility index (Phi) is 7.06. The lowest BCUT2D eigenvalue weighted by Gasteiger charge is -2.15. The number of nitrogens with zero attached hydrogens (tertiary/aromatic N) is 5. The smallest absolute Gasteiger partial charge is 0.273 e. The first-order chi connectivity index (χ1) is 18.9. The summed E-state index contributed by atoms with van der Waals surface area (Å²) in [7, 11) is 1.60. The van der Waals surface area contributed by atoms with Crippen LogP contribution in [0.1, 0.15) is 23.0 Å². The molecule has 4 aromatic heterocycles. The van der Waals surface area contributed by atoms with Crippen molar-refractivity contribution in [1.29, 1.82) is 0 Å². The molecule has 0 saturated carbocycles. The van der Waals surface area contributed by atoms with E-state index in [0.717, 1.165) is 33.6 Å². The molecule has 196 valence electrons. The number of pyridine rings is 1. The summed E-state index contributed by atoms with van der Waals surface area (Å²) < 4.78 is 8.43. The summed E-state index contributed by atoms with van der Waals surface area (Å²) in [5.74, 6) is -0.516. The number of nitrogens with two attached hydrogens (primary N) is 2.